The van der Waals surface area contributed by atoms with Crippen molar-refractivity contribution in [3.8, 4) is 0 Å². The number of carbonyl (C=O) groups excluding carboxylic acids is 1. The highest BCUT2D eigenvalue weighted by atomic mass is 32.2. The summed E-state index contributed by atoms with van der Waals surface area (Å²) < 4.78 is 26.6. The van der Waals surface area contributed by atoms with Gasteiger partial charge in [0.15, 0.2) is 0 Å². The molecule has 0 aliphatic rings. The van der Waals surface area contributed by atoms with E-state index < -0.39 is 16.1 Å². The van der Waals surface area contributed by atoms with Gasteiger partial charge in [-0.25, -0.2) is 0 Å². The summed E-state index contributed by atoms with van der Waals surface area (Å²) >= 11 is 0. The zero-order valence-corrected chi connectivity index (χ0v) is 17.6. The normalized spacial score (nSPS) is 11.6. The third-order valence-corrected chi connectivity index (χ3v) is 4.17. The Bertz CT molecular complexity index is 400. The Hall–Kier alpha value is -0.620. The van der Waals surface area contributed by atoms with Crippen molar-refractivity contribution in [3.63, 3.8) is 0 Å². The molecule has 0 atom stereocenters. The van der Waals surface area contributed by atoms with Crippen LogP contribution in [-0.4, -0.2) is 52.8 Å². The van der Waals surface area contributed by atoms with Crippen molar-refractivity contribution in [1.29, 1.82) is 0 Å². The molecular formula is C18H40NO4S+. The number of carbonyl (C=O) groups is 1. The molecule has 0 saturated heterocycles. The number of unbranched alkanes of at least 4 members (excludes halogenated alkanes) is 8. The Labute approximate surface area is 150 Å². The van der Waals surface area contributed by atoms with E-state index in [9.17, 15) is 13.2 Å². The molecular weight excluding hydrogens is 326 g/mol. The highest BCUT2D eigenvalue weighted by Crippen LogP contribution is 2.10. The molecule has 0 fully saturated rings. The highest BCUT2D eigenvalue weighted by Gasteiger charge is 2.09. The van der Waals surface area contributed by atoms with Crippen LogP contribution in [0.2, 0.25) is 0 Å². The standard InChI is InChI=1S/C13H26O4S.C5H14N/c1-3-4-5-6-7-8-9-10-11-12-13(14)17-18(2,15)16;1-5-6(2,3)4/h3-12H2,1-2H3;5H2,1-4H3/q;+1. The fourth-order valence-corrected chi connectivity index (χ4v) is 2.21. The molecule has 0 aliphatic carbocycles. The number of rotatable bonds is 12. The van der Waals surface area contributed by atoms with Crippen molar-refractivity contribution >= 4 is 16.1 Å². The van der Waals surface area contributed by atoms with Crippen molar-refractivity contribution in [2.75, 3.05) is 33.9 Å². The number of hydrogen-bond acceptors (Lipinski definition) is 4. The van der Waals surface area contributed by atoms with E-state index in [1.54, 1.807) is 0 Å². The van der Waals surface area contributed by atoms with E-state index in [1.165, 1.54) is 45.1 Å². The van der Waals surface area contributed by atoms with Crippen LogP contribution in [0.4, 0.5) is 0 Å². The van der Waals surface area contributed by atoms with Gasteiger partial charge in [-0.1, -0.05) is 58.3 Å². The zero-order valence-electron chi connectivity index (χ0n) is 16.8. The molecule has 146 valence electrons. The molecule has 6 heteroatoms. The van der Waals surface area contributed by atoms with Gasteiger partial charge in [-0.15, -0.1) is 0 Å². The third-order valence-electron chi connectivity index (χ3n) is 3.68. The second kappa shape index (κ2) is 14.7. The lowest BCUT2D eigenvalue weighted by atomic mass is 10.1. The minimum Gasteiger partial charge on any atom is -0.346 e. The van der Waals surface area contributed by atoms with Crippen LogP contribution in [0.3, 0.4) is 0 Å². The molecule has 0 aromatic carbocycles. The largest absolute Gasteiger partial charge is 0.346 e. The van der Waals surface area contributed by atoms with E-state index in [2.05, 4.69) is 39.2 Å². The molecule has 0 aromatic heterocycles. The van der Waals surface area contributed by atoms with Crippen LogP contribution in [-0.2, 0) is 19.1 Å². The molecule has 0 aromatic rings. The van der Waals surface area contributed by atoms with Gasteiger partial charge in [0.25, 0.3) is 0 Å². The molecule has 0 saturated carbocycles. The molecule has 0 heterocycles. The predicted octanol–water partition coefficient (Wildman–Crippen LogP) is 4.12. The van der Waals surface area contributed by atoms with E-state index in [-0.39, 0.29) is 6.42 Å². The molecule has 0 aliphatic heterocycles. The van der Waals surface area contributed by atoms with Gasteiger partial charge in [0.05, 0.1) is 33.9 Å². The first-order valence-electron chi connectivity index (χ1n) is 9.24. The first kappa shape index (κ1) is 25.6. The molecule has 5 nitrogen and oxygen atoms in total. The van der Waals surface area contributed by atoms with E-state index in [0.29, 0.717) is 6.42 Å². The summed E-state index contributed by atoms with van der Waals surface area (Å²) in [7, 11) is 2.91. The van der Waals surface area contributed by atoms with Crippen molar-refractivity contribution in [2.45, 2.75) is 78.1 Å². The Kier molecular flexibility index (Phi) is 15.7. The minimum absolute atomic E-state index is 0.197. The molecule has 0 radical (unpaired) electrons. The summed E-state index contributed by atoms with van der Waals surface area (Å²) in [4.78, 5) is 11.1. The summed E-state index contributed by atoms with van der Waals surface area (Å²) in [5, 5.41) is 0. The monoisotopic (exact) mass is 366 g/mol. The molecule has 0 spiro atoms. The first-order chi connectivity index (χ1) is 11.0. The van der Waals surface area contributed by atoms with Gasteiger partial charge < -0.3 is 8.67 Å². The van der Waals surface area contributed by atoms with Gasteiger partial charge in [-0.3, -0.25) is 4.79 Å². The molecule has 0 amide bonds. The summed E-state index contributed by atoms with van der Waals surface area (Å²) in [6.45, 7) is 5.59. The average Bonchev–Trinajstić information content (AvgIpc) is 2.43. The highest BCUT2D eigenvalue weighted by molar-refractivity contribution is 7.86. The van der Waals surface area contributed by atoms with Gasteiger partial charge in [0.2, 0.25) is 0 Å². The second-order valence-corrected chi connectivity index (χ2v) is 8.92. The van der Waals surface area contributed by atoms with Crippen LogP contribution >= 0.6 is 0 Å². The molecule has 0 unspecified atom stereocenters. The molecule has 0 rings (SSSR count). The summed E-state index contributed by atoms with van der Waals surface area (Å²) in [6.07, 6.45) is 11.5. The lowest BCUT2D eigenvalue weighted by Gasteiger charge is -2.20. The van der Waals surface area contributed by atoms with Gasteiger partial charge in [0, 0.05) is 6.42 Å². The minimum atomic E-state index is -3.63. The van der Waals surface area contributed by atoms with Gasteiger partial charge in [-0.2, -0.15) is 8.42 Å². The zero-order chi connectivity index (χ0) is 19.1. The van der Waals surface area contributed by atoms with Crippen molar-refractivity contribution in [1.82, 2.24) is 0 Å². The van der Waals surface area contributed by atoms with Gasteiger partial charge in [-0.05, 0) is 13.3 Å². The van der Waals surface area contributed by atoms with Crippen LogP contribution in [0, 0.1) is 0 Å². The third kappa shape index (κ3) is 26.3. The van der Waals surface area contributed by atoms with E-state index >= 15 is 0 Å². The van der Waals surface area contributed by atoms with Crippen molar-refractivity contribution < 1.29 is 21.9 Å². The maximum atomic E-state index is 11.1. The Morgan fingerprint density at radius 3 is 1.54 bits per heavy atom. The summed E-state index contributed by atoms with van der Waals surface area (Å²) in [5.41, 5.74) is 0. The quantitative estimate of drug-likeness (QED) is 0.296. The van der Waals surface area contributed by atoms with E-state index in [1.807, 2.05) is 0 Å². The van der Waals surface area contributed by atoms with Gasteiger partial charge >= 0.3 is 16.1 Å². The summed E-state index contributed by atoms with van der Waals surface area (Å²) in [6, 6.07) is 0. The van der Waals surface area contributed by atoms with Gasteiger partial charge in [0.1, 0.15) is 0 Å². The van der Waals surface area contributed by atoms with Crippen LogP contribution in [0.5, 0.6) is 0 Å². The maximum absolute atomic E-state index is 11.1. The smallest absolute Gasteiger partial charge is 0.322 e. The fraction of sp³-hybridized carbons (Fsp3) is 0.944. The van der Waals surface area contributed by atoms with Crippen molar-refractivity contribution in [2.24, 2.45) is 0 Å². The van der Waals surface area contributed by atoms with E-state index in [0.717, 1.165) is 23.6 Å². The second-order valence-electron chi connectivity index (χ2n) is 7.34. The Balaban J connectivity index is 0. The maximum Gasteiger partial charge on any atom is 0.322 e. The SMILES string of the molecule is CCCCCCCCCCCC(=O)OS(C)(=O)=O.CC[N+](C)(C)C. The lowest BCUT2D eigenvalue weighted by Crippen LogP contribution is -2.33. The van der Waals surface area contributed by atoms with Crippen LogP contribution in [0.25, 0.3) is 0 Å². The van der Waals surface area contributed by atoms with Crippen LogP contribution < -0.4 is 0 Å². The fourth-order valence-electron chi connectivity index (χ4n) is 1.79. The topological polar surface area (TPSA) is 60.4 Å². The Morgan fingerprint density at radius 1 is 0.833 bits per heavy atom. The van der Waals surface area contributed by atoms with Crippen LogP contribution in [0.15, 0.2) is 0 Å². The summed E-state index contributed by atoms with van der Waals surface area (Å²) in [5.74, 6) is -0.638. The number of hydrogen-bond donors (Lipinski definition) is 0. The first-order valence-corrected chi connectivity index (χ1v) is 11.1. The number of nitrogens with zero attached hydrogens (tertiary/aromatic N) is 1. The Morgan fingerprint density at radius 2 is 1.21 bits per heavy atom. The lowest BCUT2D eigenvalue weighted by molar-refractivity contribution is -0.868. The average molecular weight is 367 g/mol. The van der Waals surface area contributed by atoms with E-state index in [4.69, 9.17) is 0 Å². The van der Waals surface area contributed by atoms with Crippen LogP contribution in [0.1, 0.15) is 78.1 Å². The number of quaternary nitrogens is 1. The molecule has 24 heavy (non-hydrogen) atoms. The predicted molar refractivity (Wildman–Crippen MR) is 101 cm³/mol. The van der Waals surface area contributed by atoms with Crippen molar-refractivity contribution in [3.05, 3.63) is 0 Å². The molecule has 0 bridgehead atoms. The molecule has 0 N–H and O–H groups in total.